The number of pyridine rings is 1. The molecule has 9 heteroatoms. The van der Waals surface area contributed by atoms with E-state index in [0.717, 1.165) is 55.8 Å². The van der Waals surface area contributed by atoms with Gasteiger partial charge in [-0.05, 0) is 62.4 Å². The second kappa shape index (κ2) is 9.89. The number of benzene rings is 1. The van der Waals surface area contributed by atoms with E-state index < -0.39 is 35.9 Å². The van der Waals surface area contributed by atoms with E-state index in [4.69, 9.17) is 4.74 Å². The van der Waals surface area contributed by atoms with E-state index in [9.17, 15) is 18.4 Å². The molecule has 2 aromatic rings. The molecule has 1 saturated carbocycles. The lowest BCUT2D eigenvalue weighted by Gasteiger charge is -2.46. The van der Waals surface area contributed by atoms with Crippen molar-refractivity contribution in [3.05, 3.63) is 65.5 Å². The molecule has 0 bridgehead atoms. The molecule has 3 aliphatic rings. The Balaban J connectivity index is 1.10. The standard InChI is InChI=1S/C26H30F2N4O3/c1-16-24(19-7-10-21(27)22(28)12-19)32(26(34)35-16)25(33)30-13-17-14-31(15-17)20-8-5-18(6-9-20)23-4-2-3-11-29-23/h2-4,7,10-12,16-18,20,24H,5-6,8-9,13-15H2,1H3,(H,30,33)/t16-,18?,20?,24+/m0/s1. The minimum atomic E-state index is -1.03. The van der Waals surface area contributed by atoms with Crippen LogP contribution in [0.4, 0.5) is 18.4 Å². The van der Waals surface area contributed by atoms with Crippen LogP contribution < -0.4 is 5.32 Å². The molecule has 0 unspecified atom stereocenters. The first-order valence-corrected chi connectivity index (χ1v) is 12.3. The lowest BCUT2D eigenvalue weighted by Crippen LogP contribution is -2.56. The molecule has 7 nitrogen and oxygen atoms in total. The zero-order valence-corrected chi connectivity index (χ0v) is 19.7. The molecule has 2 atom stereocenters. The van der Waals surface area contributed by atoms with Crippen LogP contribution in [0, 0.1) is 17.6 Å². The van der Waals surface area contributed by atoms with Crippen molar-refractivity contribution < 1.29 is 23.1 Å². The lowest BCUT2D eigenvalue weighted by atomic mass is 9.81. The summed E-state index contributed by atoms with van der Waals surface area (Å²) in [5.74, 6) is -1.17. The van der Waals surface area contributed by atoms with Crippen LogP contribution in [0.3, 0.4) is 0 Å². The molecular weight excluding hydrogens is 454 g/mol. The summed E-state index contributed by atoms with van der Waals surface area (Å²) in [6, 6.07) is 8.64. The number of nitrogens with zero attached hydrogens (tertiary/aromatic N) is 3. The van der Waals surface area contributed by atoms with E-state index in [1.54, 1.807) is 6.92 Å². The number of rotatable bonds is 5. The van der Waals surface area contributed by atoms with E-state index >= 15 is 0 Å². The summed E-state index contributed by atoms with van der Waals surface area (Å²) >= 11 is 0. The number of hydrogen-bond acceptors (Lipinski definition) is 5. The first-order valence-electron chi connectivity index (χ1n) is 12.3. The number of amides is 3. The molecule has 0 radical (unpaired) electrons. The van der Waals surface area contributed by atoms with Crippen LogP contribution in [0.5, 0.6) is 0 Å². The average Bonchev–Trinajstić information content (AvgIpc) is 3.14. The maximum atomic E-state index is 13.8. The van der Waals surface area contributed by atoms with Gasteiger partial charge in [0.05, 0.1) is 0 Å². The lowest BCUT2D eigenvalue weighted by molar-refractivity contribution is 0.0333. The van der Waals surface area contributed by atoms with Gasteiger partial charge in [0.2, 0.25) is 0 Å². The van der Waals surface area contributed by atoms with Gasteiger partial charge < -0.3 is 10.1 Å². The Morgan fingerprint density at radius 1 is 1.11 bits per heavy atom. The van der Waals surface area contributed by atoms with Crippen LogP contribution in [-0.2, 0) is 4.74 Å². The van der Waals surface area contributed by atoms with Crippen LogP contribution >= 0.6 is 0 Å². The van der Waals surface area contributed by atoms with Crippen molar-refractivity contribution >= 4 is 12.1 Å². The van der Waals surface area contributed by atoms with Gasteiger partial charge in [-0.1, -0.05) is 12.1 Å². The molecule has 186 valence electrons. The molecule has 35 heavy (non-hydrogen) atoms. The molecule has 5 rings (SSSR count). The third kappa shape index (κ3) is 4.87. The largest absolute Gasteiger partial charge is 0.443 e. The summed E-state index contributed by atoms with van der Waals surface area (Å²) in [5.41, 5.74) is 1.50. The highest BCUT2D eigenvalue weighted by molar-refractivity contribution is 5.93. The highest BCUT2D eigenvalue weighted by Crippen LogP contribution is 2.36. The number of ether oxygens (including phenoxy) is 1. The van der Waals surface area contributed by atoms with Gasteiger partial charge in [-0.15, -0.1) is 0 Å². The summed E-state index contributed by atoms with van der Waals surface area (Å²) in [5, 5.41) is 2.84. The number of aromatic nitrogens is 1. The molecule has 0 spiro atoms. The topological polar surface area (TPSA) is 74.8 Å². The normalized spacial score (nSPS) is 27.4. The van der Waals surface area contributed by atoms with Gasteiger partial charge in [-0.2, -0.15) is 0 Å². The Hall–Kier alpha value is -3.07. The number of nitrogens with one attached hydrogen (secondary N) is 1. The van der Waals surface area contributed by atoms with Crippen molar-refractivity contribution in [2.24, 2.45) is 5.92 Å². The highest BCUT2D eigenvalue weighted by atomic mass is 19.2. The van der Waals surface area contributed by atoms with Crippen molar-refractivity contribution in [3.63, 3.8) is 0 Å². The van der Waals surface area contributed by atoms with Crippen LogP contribution in [0.2, 0.25) is 0 Å². The molecule has 1 N–H and O–H groups in total. The molecule has 3 heterocycles. The van der Waals surface area contributed by atoms with Gasteiger partial charge in [-0.25, -0.2) is 23.3 Å². The van der Waals surface area contributed by atoms with Crippen LogP contribution in [0.25, 0.3) is 0 Å². The van der Waals surface area contributed by atoms with Gasteiger partial charge >= 0.3 is 12.1 Å². The number of carbonyl (C=O) groups excluding carboxylic acids is 2. The summed E-state index contributed by atoms with van der Waals surface area (Å²) in [7, 11) is 0. The fourth-order valence-electron chi connectivity index (χ4n) is 5.64. The van der Waals surface area contributed by atoms with Crippen LogP contribution in [0.15, 0.2) is 42.6 Å². The predicted molar refractivity (Wildman–Crippen MR) is 125 cm³/mol. The molecule has 1 aromatic carbocycles. The summed E-state index contributed by atoms with van der Waals surface area (Å²) in [4.78, 5) is 33.1. The Labute approximate surface area is 203 Å². The van der Waals surface area contributed by atoms with Gasteiger partial charge in [0.15, 0.2) is 11.6 Å². The quantitative estimate of drug-likeness (QED) is 0.671. The van der Waals surface area contributed by atoms with Crippen molar-refractivity contribution in [1.82, 2.24) is 20.1 Å². The van der Waals surface area contributed by atoms with Crippen molar-refractivity contribution in [2.75, 3.05) is 19.6 Å². The molecule has 1 aromatic heterocycles. The van der Waals surface area contributed by atoms with E-state index in [1.165, 1.54) is 11.8 Å². The number of hydrogen-bond donors (Lipinski definition) is 1. The number of carbonyl (C=O) groups is 2. The fourth-order valence-corrected chi connectivity index (χ4v) is 5.64. The maximum Gasteiger partial charge on any atom is 0.419 e. The minimum Gasteiger partial charge on any atom is -0.443 e. The Bertz CT molecular complexity index is 1070. The van der Waals surface area contributed by atoms with E-state index in [0.29, 0.717) is 30.0 Å². The molecule has 2 saturated heterocycles. The van der Waals surface area contributed by atoms with E-state index in [1.807, 2.05) is 18.3 Å². The monoisotopic (exact) mass is 484 g/mol. The summed E-state index contributed by atoms with van der Waals surface area (Å²) in [6.07, 6.45) is 4.98. The van der Waals surface area contributed by atoms with Crippen LogP contribution in [-0.4, -0.2) is 58.7 Å². The number of imide groups is 1. The third-order valence-corrected chi connectivity index (χ3v) is 7.56. The second-order valence-electron chi connectivity index (χ2n) is 9.84. The highest BCUT2D eigenvalue weighted by Gasteiger charge is 2.45. The van der Waals surface area contributed by atoms with Gasteiger partial charge in [0.25, 0.3) is 0 Å². The molecule has 3 amide bonds. The predicted octanol–water partition coefficient (Wildman–Crippen LogP) is 4.61. The summed E-state index contributed by atoms with van der Waals surface area (Å²) in [6.45, 7) is 3.89. The number of cyclic esters (lactones) is 1. The first kappa shape index (κ1) is 23.7. The van der Waals surface area contributed by atoms with E-state index in [-0.39, 0.29) is 0 Å². The number of halogens is 2. The van der Waals surface area contributed by atoms with Crippen LogP contribution in [0.1, 0.15) is 55.8 Å². The number of likely N-dealkylation sites (tertiary alicyclic amines) is 1. The maximum absolute atomic E-state index is 13.8. The van der Waals surface area contributed by atoms with Crippen molar-refractivity contribution in [3.8, 4) is 0 Å². The van der Waals surface area contributed by atoms with Crippen molar-refractivity contribution in [1.29, 1.82) is 0 Å². The Morgan fingerprint density at radius 3 is 2.57 bits per heavy atom. The summed E-state index contributed by atoms with van der Waals surface area (Å²) < 4.78 is 32.3. The zero-order valence-electron chi connectivity index (χ0n) is 19.7. The SMILES string of the molecule is C[C@@H]1OC(=O)N(C(=O)NCC2CN(C3CCC(c4ccccn4)CC3)C2)[C@H]1c1ccc(F)c(F)c1. The Kier molecular flexibility index (Phi) is 6.69. The van der Waals surface area contributed by atoms with Gasteiger partial charge in [0.1, 0.15) is 12.1 Å². The van der Waals surface area contributed by atoms with Gasteiger partial charge in [0, 0.05) is 49.4 Å². The Morgan fingerprint density at radius 2 is 1.89 bits per heavy atom. The molecular formula is C26H30F2N4O3. The zero-order chi connectivity index (χ0) is 24.5. The first-order chi connectivity index (χ1) is 16.9. The van der Waals surface area contributed by atoms with Crippen molar-refractivity contribution in [2.45, 2.75) is 56.7 Å². The molecule has 1 aliphatic carbocycles. The average molecular weight is 485 g/mol. The number of urea groups is 1. The minimum absolute atomic E-state index is 0.310. The van der Waals surface area contributed by atoms with Gasteiger partial charge in [-0.3, -0.25) is 9.88 Å². The molecule has 2 aliphatic heterocycles. The second-order valence-corrected chi connectivity index (χ2v) is 9.84. The fraction of sp³-hybridized carbons (Fsp3) is 0.500. The third-order valence-electron chi connectivity index (χ3n) is 7.56. The molecule has 3 fully saturated rings. The smallest absolute Gasteiger partial charge is 0.419 e. The van der Waals surface area contributed by atoms with E-state index in [2.05, 4.69) is 21.3 Å².